The lowest BCUT2D eigenvalue weighted by atomic mass is 10.1. The summed E-state index contributed by atoms with van der Waals surface area (Å²) in [7, 11) is -1.82. The van der Waals surface area contributed by atoms with Crippen LogP contribution >= 0.6 is 0 Å². The van der Waals surface area contributed by atoms with Crippen molar-refractivity contribution in [2.24, 2.45) is 0 Å². The van der Waals surface area contributed by atoms with Gasteiger partial charge < -0.3 is 8.85 Å². The van der Waals surface area contributed by atoms with Crippen molar-refractivity contribution >= 4 is 8.56 Å². The van der Waals surface area contributed by atoms with Gasteiger partial charge in [0.05, 0.1) is 0 Å². The third kappa shape index (κ3) is 9.80. The van der Waals surface area contributed by atoms with Crippen LogP contribution < -0.4 is 0 Å². The van der Waals surface area contributed by atoms with Crippen LogP contribution in [0.15, 0.2) is 0 Å². The Hall–Kier alpha value is 0.137. The van der Waals surface area contributed by atoms with Crippen molar-refractivity contribution in [1.29, 1.82) is 0 Å². The second-order valence-electron chi connectivity index (χ2n) is 4.87. The Morgan fingerprint density at radius 2 is 1.18 bits per heavy atom. The van der Waals surface area contributed by atoms with Crippen LogP contribution in [0.3, 0.4) is 0 Å². The molecule has 0 unspecified atom stereocenters. The summed E-state index contributed by atoms with van der Waals surface area (Å²) in [6.45, 7) is 10.2. The van der Waals surface area contributed by atoms with Gasteiger partial charge in [0.1, 0.15) is 0 Å². The van der Waals surface area contributed by atoms with Crippen LogP contribution in [0, 0.1) is 0 Å². The Bertz CT molecular complexity index is 156. The fourth-order valence-electron chi connectivity index (χ4n) is 2.20. The molecule has 0 atom stereocenters. The van der Waals surface area contributed by atoms with Crippen LogP contribution in [-0.4, -0.2) is 21.8 Å². The molecule has 0 bridgehead atoms. The average molecular weight is 260 g/mol. The van der Waals surface area contributed by atoms with Crippen molar-refractivity contribution in [1.82, 2.24) is 0 Å². The average Bonchev–Trinajstić information content (AvgIpc) is 2.28. The minimum atomic E-state index is -1.82. The summed E-state index contributed by atoms with van der Waals surface area (Å²) >= 11 is 0. The van der Waals surface area contributed by atoms with Gasteiger partial charge in [-0.25, -0.2) is 0 Å². The van der Waals surface area contributed by atoms with E-state index in [4.69, 9.17) is 8.85 Å². The highest BCUT2D eigenvalue weighted by molar-refractivity contribution is 6.66. The molecule has 0 amide bonds. The zero-order valence-corrected chi connectivity index (χ0v) is 13.4. The van der Waals surface area contributed by atoms with Crippen LogP contribution in [0.4, 0.5) is 0 Å². The Morgan fingerprint density at radius 1 is 0.706 bits per heavy atom. The maximum atomic E-state index is 5.83. The summed E-state index contributed by atoms with van der Waals surface area (Å²) in [6.07, 6.45) is 9.52. The minimum Gasteiger partial charge on any atom is -0.395 e. The van der Waals surface area contributed by atoms with Crippen molar-refractivity contribution in [3.63, 3.8) is 0 Å². The quantitative estimate of drug-likeness (QED) is 0.368. The molecule has 0 spiro atoms. The number of rotatable bonds is 12. The first-order valence-electron chi connectivity index (χ1n) is 7.46. The molecular formula is C14H32O2Si. The van der Waals surface area contributed by atoms with E-state index in [-0.39, 0.29) is 0 Å². The Morgan fingerprint density at radius 3 is 1.65 bits per heavy atom. The predicted octanol–water partition coefficient (Wildman–Crippen LogP) is 4.88. The van der Waals surface area contributed by atoms with Crippen molar-refractivity contribution in [3.8, 4) is 0 Å². The molecule has 0 rings (SSSR count). The molecule has 3 heteroatoms. The van der Waals surface area contributed by atoms with E-state index >= 15 is 0 Å². The van der Waals surface area contributed by atoms with Gasteiger partial charge in [0, 0.05) is 13.2 Å². The van der Waals surface area contributed by atoms with Crippen LogP contribution in [0.25, 0.3) is 0 Å². The van der Waals surface area contributed by atoms with Crippen molar-refractivity contribution in [2.75, 3.05) is 13.2 Å². The molecule has 0 saturated heterocycles. The molecule has 0 fully saturated rings. The molecule has 0 aromatic rings. The standard InChI is InChI=1S/C14H32O2Si/c1-5-8-9-10-11-12-13-14-17(4,15-6-2)16-7-3/h5-14H2,1-4H3. The fraction of sp³-hybridized carbons (Fsp3) is 1.00. The first-order valence-corrected chi connectivity index (χ1v) is 9.98. The number of hydrogen-bond acceptors (Lipinski definition) is 2. The van der Waals surface area contributed by atoms with Crippen LogP contribution in [0.2, 0.25) is 12.6 Å². The van der Waals surface area contributed by atoms with Crippen LogP contribution in [0.1, 0.15) is 65.7 Å². The maximum Gasteiger partial charge on any atom is 0.334 e. The van der Waals surface area contributed by atoms with Crippen molar-refractivity contribution < 1.29 is 8.85 Å². The number of unbranched alkanes of at least 4 members (excludes halogenated alkanes) is 6. The first-order chi connectivity index (χ1) is 8.18. The van der Waals surface area contributed by atoms with Gasteiger partial charge >= 0.3 is 8.56 Å². The fourth-order valence-corrected chi connectivity index (χ4v) is 4.69. The molecule has 0 aliphatic heterocycles. The molecule has 0 aromatic carbocycles. The van der Waals surface area contributed by atoms with Gasteiger partial charge in [-0.05, 0) is 26.4 Å². The molecule has 0 N–H and O–H groups in total. The van der Waals surface area contributed by atoms with Gasteiger partial charge in [0.2, 0.25) is 0 Å². The zero-order chi connectivity index (χ0) is 13.0. The van der Waals surface area contributed by atoms with Gasteiger partial charge in [-0.2, -0.15) is 0 Å². The first kappa shape index (κ1) is 17.1. The summed E-state index contributed by atoms with van der Waals surface area (Å²) in [4.78, 5) is 0. The largest absolute Gasteiger partial charge is 0.395 e. The van der Waals surface area contributed by atoms with Gasteiger partial charge in [0.25, 0.3) is 0 Å². The predicted molar refractivity (Wildman–Crippen MR) is 77.7 cm³/mol. The lowest BCUT2D eigenvalue weighted by Crippen LogP contribution is -2.38. The van der Waals surface area contributed by atoms with Crippen molar-refractivity contribution in [3.05, 3.63) is 0 Å². The Labute approximate surface area is 109 Å². The lowest BCUT2D eigenvalue weighted by molar-refractivity contribution is 0.188. The molecule has 2 nitrogen and oxygen atoms in total. The van der Waals surface area contributed by atoms with Crippen LogP contribution in [0.5, 0.6) is 0 Å². The molecule has 0 heterocycles. The summed E-state index contributed by atoms with van der Waals surface area (Å²) in [6, 6.07) is 1.16. The van der Waals surface area contributed by atoms with Crippen LogP contribution in [-0.2, 0) is 8.85 Å². The van der Waals surface area contributed by atoms with E-state index < -0.39 is 8.56 Å². The molecule has 0 saturated carbocycles. The third-order valence-corrected chi connectivity index (χ3v) is 6.19. The molecule has 0 aromatic heterocycles. The van der Waals surface area contributed by atoms with Gasteiger partial charge in [-0.1, -0.05) is 51.9 Å². The molecule has 0 aliphatic carbocycles. The summed E-state index contributed by atoms with van der Waals surface area (Å²) < 4.78 is 11.7. The summed E-state index contributed by atoms with van der Waals surface area (Å²) in [5.74, 6) is 0. The second kappa shape index (κ2) is 11.2. The number of hydrogen-bond donors (Lipinski definition) is 0. The Balaban J connectivity index is 3.54. The van der Waals surface area contributed by atoms with E-state index in [1.807, 2.05) is 0 Å². The highest BCUT2D eigenvalue weighted by Gasteiger charge is 2.29. The normalized spacial score (nSPS) is 12.0. The van der Waals surface area contributed by atoms with Crippen molar-refractivity contribution in [2.45, 2.75) is 78.3 Å². The summed E-state index contributed by atoms with van der Waals surface area (Å²) in [5.41, 5.74) is 0. The molecular weight excluding hydrogens is 228 g/mol. The Kier molecular flexibility index (Phi) is 11.3. The molecule has 17 heavy (non-hydrogen) atoms. The topological polar surface area (TPSA) is 18.5 Å². The van der Waals surface area contributed by atoms with Gasteiger partial charge in [-0.3, -0.25) is 0 Å². The van der Waals surface area contributed by atoms with E-state index in [1.54, 1.807) is 0 Å². The van der Waals surface area contributed by atoms with E-state index in [2.05, 4.69) is 27.3 Å². The minimum absolute atomic E-state index is 0.791. The molecule has 0 aliphatic rings. The van der Waals surface area contributed by atoms with E-state index in [9.17, 15) is 0 Å². The zero-order valence-electron chi connectivity index (χ0n) is 12.4. The van der Waals surface area contributed by atoms with E-state index in [0.717, 1.165) is 19.3 Å². The van der Waals surface area contributed by atoms with Gasteiger partial charge in [-0.15, -0.1) is 0 Å². The maximum absolute atomic E-state index is 5.83. The summed E-state index contributed by atoms with van der Waals surface area (Å²) in [5, 5.41) is 0. The second-order valence-corrected chi connectivity index (χ2v) is 8.22. The van der Waals surface area contributed by atoms with E-state index in [1.165, 1.54) is 44.9 Å². The molecule has 0 radical (unpaired) electrons. The highest BCUT2D eigenvalue weighted by Crippen LogP contribution is 2.18. The van der Waals surface area contributed by atoms with E-state index in [0.29, 0.717) is 0 Å². The van der Waals surface area contributed by atoms with Gasteiger partial charge in [0.15, 0.2) is 0 Å². The smallest absolute Gasteiger partial charge is 0.334 e. The molecule has 104 valence electrons. The monoisotopic (exact) mass is 260 g/mol. The third-order valence-electron chi connectivity index (χ3n) is 3.13. The SMILES string of the molecule is CCCCCCCCC[Si](C)(OCC)OCC. The lowest BCUT2D eigenvalue weighted by Gasteiger charge is -2.25. The highest BCUT2D eigenvalue weighted by atomic mass is 28.4.